The molecular weight excluding hydrogens is 188 g/mol. The van der Waals surface area contributed by atoms with Gasteiger partial charge in [-0.2, -0.15) is 0 Å². The summed E-state index contributed by atoms with van der Waals surface area (Å²) in [6, 6.07) is 14.0. The van der Waals surface area contributed by atoms with Crippen LogP contribution in [0.5, 0.6) is 0 Å². The van der Waals surface area contributed by atoms with Crippen LogP contribution in [0.25, 0.3) is 10.8 Å². The molecule has 0 saturated carbocycles. The first-order valence-electron chi connectivity index (χ1n) is 4.93. The van der Waals surface area contributed by atoms with Crippen molar-refractivity contribution in [3.63, 3.8) is 0 Å². The van der Waals surface area contributed by atoms with Gasteiger partial charge < -0.3 is 9.90 Å². The number of aliphatic carboxylic acids is 1. The quantitative estimate of drug-likeness (QED) is 0.752. The number of aryl methyl sites for hydroxylation is 1. The van der Waals surface area contributed by atoms with E-state index in [9.17, 15) is 9.90 Å². The molecule has 0 aliphatic rings. The molecule has 0 aliphatic heterocycles. The summed E-state index contributed by atoms with van der Waals surface area (Å²) in [5.41, 5.74) is 1.04. The fourth-order valence-electron chi connectivity index (χ4n) is 1.64. The zero-order chi connectivity index (χ0) is 10.7. The highest BCUT2D eigenvalue weighted by atomic mass is 16.4. The van der Waals surface area contributed by atoms with Crippen LogP contribution in [0.3, 0.4) is 0 Å². The fourth-order valence-corrected chi connectivity index (χ4v) is 1.64. The lowest BCUT2D eigenvalue weighted by Crippen LogP contribution is -2.22. The Morgan fingerprint density at radius 3 is 2.53 bits per heavy atom. The normalized spacial score (nSPS) is 10.4. The van der Waals surface area contributed by atoms with Crippen LogP contribution in [0.15, 0.2) is 42.5 Å². The van der Waals surface area contributed by atoms with E-state index in [1.165, 1.54) is 5.39 Å². The number of carbonyl (C=O) groups is 1. The van der Waals surface area contributed by atoms with Gasteiger partial charge in [0.2, 0.25) is 0 Å². The van der Waals surface area contributed by atoms with Crippen molar-refractivity contribution >= 4 is 16.7 Å². The van der Waals surface area contributed by atoms with Crippen molar-refractivity contribution in [3.8, 4) is 0 Å². The summed E-state index contributed by atoms with van der Waals surface area (Å²) in [7, 11) is 0. The number of benzene rings is 2. The minimum Gasteiger partial charge on any atom is -0.550 e. The van der Waals surface area contributed by atoms with Gasteiger partial charge >= 0.3 is 0 Å². The van der Waals surface area contributed by atoms with E-state index >= 15 is 0 Å². The maximum atomic E-state index is 10.3. The molecule has 2 aromatic rings. The zero-order valence-electron chi connectivity index (χ0n) is 8.27. The molecule has 2 aromatic carbocycles. The van der Waals surface area contributed by atoms with Crippen molar-refractivity contribution in [1.29, 1.82) is 0 Å². The number of rotatable bonds is 3. The van der Waals surface area contributed by atoms with Gasteiger partial charge in [0.25, 0.3) is 0 Å². The van der Waals surface area contributed by atoms with Crippen LogP contribution < -0.4 is 5.11 Å². The van der Waals surface area contributed by atoms with Gasteiger partial charge in [0, 0.05) is 5.97 Å². The third-order valence-electron chi connectivity index (χ3n) is 2.43. The number of carbonyl (C=O) groups excluding carboxylic acids is 1. The lowest BCUT2D eigenvalue weighted by atomic mass is 10.0. The van der Waals surface area contributed by atoms with Crippen LogP contribution in [0, 0.1) is 0 Å². The van der Waals surface area contributed by atoms with Crippen molar-refractivity contribution in [2.24, 2.45) is 0 Å². The highest BCUT2D eigenvalue weighted by molar-refractivity contribution is 5.83. The monoisotopic (exact) mass is 199 g/mol. The minimum atomic E-state index is -0.997. The van der Waals surface area contributed by atoms with Gasteiger partial charge in [-0.15, -0.1) is 0 Å². The van der Waals surface area contributed by atoms with Gasteiger partial charge in [0.1, 0.15) is 0 Å². The van der Waals surface area contributed by atoms with E-state index in [0.29, 0.717) is 6.42 Å². The van der Waals surface area contributed by atoms with Crippen molar-refractivity contribution in [3.05, 3.63) is 48.0 Å². The number of fused-ring (bicyclic) bond motifs is 1. The first-order valence-corrected chi connectivity index (χ1v) is 4.93. The average molecular weight is 199 g/mol. The number of carboxylic acid groups (broad SMARTS) is 1. The second-order valence-electron chi connectivity index (χ2n) is 3.55. The Morgan fingerprint density at radius 2 is 1.80 bits per heavy atom. The Balaban J connectivity index is 2.26. The van der Waals surface area contributed by atoms with E-state index < -0.39 is 5.97 Å². The maximum absolute atomic E-state index is 10.3. The molecule has 0 heterocycles. The second kappa shape index (κ2) is 4.13. The van der Waals surface area contributed by atoms with Gasteiger partial charge in [-0.1, -0.05) is 42.5 Å². The predicted octanol–water partition coefficient (Wildman–Crippen LogP) is 1.52. The first kappa shape index (κ1) is 9.71. The first-order chi connectivity index (χ1) is 7.25. The Morgan fingerprint density at radius 1 is 1.07 bits per heavy atom. The molecule has 0 N–H and O–H groups in total. The minimum absolute atomic E-state index is 0.0817. The smallest absolute Gasteiger partial charge is 0.0417 e. The molecule has 2 heteroatoms. The van der Waals surface area contributed by atoms with Crippen molar-refractivity contribution in [1.82, 2.24) is 0 Å². The van der Waals surface area contributed by atoms with Gasteiger partial charge in [-0.3, -0.25) is 0 Å². The van der Waals surface area contributed by atoms with Crippen LogP contribution in [-0.2, 0) is 11.2 Å². The molecule has 0 fully saturated rings. The molecule has 15 heavy (non-hydrogen) atoms. The largest absolute Gasteiger partial charge is 0.550 e. The fraction of sp³-hybridized carbons (Fsp3) is 0.154. The standard InChI is InChI=1S/C13H12O2/c14-13(15)8-6-10-5-7-11-3-1-2-4-12(11)9-10/h1-5,7,9H,6,8H2,(H,14,15)/p-1. The van der Waals surface area contributed by atoms with Gasteiger partial charge in [-0.05, 0) is 29.2 Å². The van der Waals surface area contributed by atoms with Crippen LogP contribution in [0.2, 0.25) is 0 Å². The van der Waals surface area contributed by atoms with E-state index in [-0.39, 0.29) is 6.42 Å². The lowest BCUT2D eigenvalue weighted by molar-refractivity contribution is -0.305. The summed E-state index contributed by atoms with van der Waals surface area (Å²) in [5.74, 6) is -0.997. The third kappa shape index (κ3) is 2.34. The third-order valence-corrected chi connectivity index (χ3v) is 2.43. The van der Waals surface area contributed by atoms with Gasteiger partial charge in [0.05, 0.1) is 0 Å². The number of hydrogen-bond donors (Lipinski definition) is 0. The molecule has 0 spiro atoms. The molecule has 0 atom stereocenters. The topological polar surface area (TPSA) is 40.1 Å². The molecule has 76 valence electrons. The van der Waals surface area contributed by atoms with Crippen LogP contribution in [-0.4, -0.2) is 5.97 Å². The van der Waals surface area contributed by atoms with E-state index in [1.54, 1.807) is 0 Å². The summed E-state index contributed by atoms with van der Waals surface area (Å²) in [6.07, 6.45) is 0.617. The van der Waals surface area contributed by atoms with E-state index in [0.717, 1.165) is 10.9 Å². The van der Waals surface area contributed by atoms with Crippen molar-refractivity contribution in [2.75, 3.05) is 0 Å². The molecule has 0 aliphatic carbocycles. The zero-order valence-corrected chi connectivity index (χ0v) is 8.27. The summed E-state index contributed by atoms with van der Waals surface area (Å²) in [4.78, 5) is 10.3. The SMILES string of the molecule is O=C([O-])CCc1ccc2ccccc2c1. The van der Waals surface area contributed by atoms with E-state index in [1.807, 2.05) is 42.5 Å². The number of carboxylic acids is 1. The molecule has 0 amide bonds. The van der Waals surface area contributed by atoms with E-state index in [4.69, 9.17) is 0 Å². The molecule has 2 rings (SSSR count). The Labute approximate surface area is 88.2 Å². The van der Waals surface area contributed by atoms with Gasteiger partial charge in [-0.25, -0.2) is 0 Å². The van der Waals surface area contributed by atoms with E-state index in [2.05, 4.69) is 0 Å². The van der Waals surface area contributed by atoms with Crippen molar-refractivity contribution < 1.29 is 9.90 Å². The van der Waals surface area contributed by atoms with Crippen LogP contribution in [0.1, 0.15) is 12.0 Å². The summed E-state index contributed by atoms with van der Waals surface area (Å²) < 4.78 is 0. The Bertz CT molecular complexity index is 489. The molecule has 0 aromatic heterocycles. The highest BCUT2D eigenvalue weighted by Crippen LogP contribution is 2.16. The van der Waals surface area contributed by atoms with Crippen molar-refractivity contribution in [2.45, 2.75) is 12.8 Å². The molecular formula is C13H11O2-. The molecule has 0 saturated heterocycles. The maximum Gasteiger partial charge on any atom is 0.0417 e. The average Bonchev–Trinajstić information content (AvgIpc) is 2.26. The molecule has 0 unspecified atom stereocenters. The summed E-state index contributed by atoms with van der Waals surface area (Å²) >= 11 is 0. The summed E-state index contributed by atoms with van der Waals surface area (Å²) in [6.45, 7) is 0. The van der Waals surface area contributed by atoms with Gasteiger partial charge in [0.15, 0.2) is 0 Å². The second-order valence-corrected chi connectivity index (χ2v) is 3.55. The Kier molecular flexibility index (Phi) is 2.68. The highest BCUT2D eigenvalue weighted by Gasteiger charge is 1.96. The number of hydrogen-bond acceptors (Lipinski definition) is 2. The predicted molar refractivity (Wildman–Crippen MR) is 57.3 cm³/mol. The molecule has 0 radical (unpaired) electrons. The van der Waals surface area contributed by atoms with Crippen LogP contribution >= 0.6 is 0 Å². The molecule has 2 nitrogen and oxygen atoms in total. The Hall–Kier alpha value is -1.83. The lowest BCUT2D eigenvalue weighted by Gasteiger charge is -2.04. The summed E-state index contributed by atoms with van der Waals surface area (Å²) in [5, 5.41) is 12.6. The van der Waals surface area contributed by atoms with Crippen LogP contribution in [0.4, 0.5) is 0 Å². The molecule has 0 bridgehead atoms.